The summed E-state index contributed by atoms with van der Waals surface area (Å²) in [6.45, 7) is -0.352. The van der Waals surface area contributed by atoms with Crippen LogP contribution >= 0.6 is 0 Å². The molecule has 1 saturated heterocycles. The molecule has 3 rings (SSSR count). The van der Waals surface area contributed by atoms with Gasteiger partial charge in [0, 0.05) is 26.2 Å². The van der Waals surface area contributed by atoms with Crippen LogP contribution < -0.4 is 0 Å². The lowest BCUT2D eigenvalue weighted by molar-refractivity contribution is 0.272. The van der Waals surface area contributed by atoms with Crippen LogP contribution in [0.5, 0.6) is 0 Å². The maximum atomic E-state index is 13.8. The summed E-state index contributed by atoms with van der Waals surface area (Å²) in [6, 6.07) is 9.46. The molecule has 2 aromatic rings. The molecule has 1 aliphatic heterocycles. The molecular weight excluding hydrogens is 386 g/mol. The van der Waals surface area contributed by atoms with Gasteiger partial charge in [0.1, 0.15) is 16.5 Å². The van der Waals surface area contributed by atoms with Crippen molar-refractivity contribution in [1.29, 1.82) is 0 Å². The Bertz CT molecular complexity index is 1000. The molecule has 10 heteroatoms. The maximum Gasteiger partial charge on any atom is 0.246 e. The first-order valence-electron chi connectivity index (χ1n) is 7.73. The Balaban J connectivity index is 1.77. The van der Waals surface area contributed by atoms with E-state index < -0.39 is 36.6 Å². The van der Waals surface area contributed by atoms with Crippen molar-refractivity contribution in [1.82, 2.24) is 8.61 Å². The molecule has 0 N–H and O–H groups in total. The van der Waals surface area contributed by atoms with Crippen LogP contribution in [0.15, 0.2) is 58.3 Å². The van der Waals surface area contributed by atoms with E-state index in [9.17, 15) is 25.6 Å². The van der Waals surface area contributed by atoms with E-state index in [2.05, 4.69) is 0 Å². The molecule has 0 radical (unpaired) electrons. The van der Waals surface area contributed by atoms with Gasteiger partial charge < -0.3 is 0 Å². The normalized spacial score (nSPS) is 17.3. The van der Waals surface area contributed by atoms with Crippen LogP contribution in [0.4, 0.5) is 8.78 Å². The highest BCUT2D eigenvalue weighted by molar-refractivity contribution is 7.89. The minimum Gasteiger partial charge on any atom is -0.207 e. The minimum atomic E-state index is -4.04. The number of sulfonamides is 2. The average Bonchev–Trinajstić information content (AvgIpc) is 2.62. The van der Waals surface area contributed by atoms with Crippen LogP contribution in [0, 0.1) is 11.6 Å². The van der Waals surface area contributed by atoms with Crippen molar-refractivity contribution in [2.24, 2.45) is 0 Å². The van der Waals surface area contributed by atoms with Crippen molar-refractivity contribution in [2.45, 2.75) is 9.79 Å². The number of nitrogens with zero attached hydrogens (tertiary/aromatic N) is 2. The van der Waals surface area contributed by atoms with Crippen molar-refractivity contribution >= 4 is 20.0 Å². The summed E-state index contributed by atoms with van der Waals surface area (Å²) in [6.07, 6.45) is 0. The van der Waals surface area contributed by atoms with E-state index in [1.807, 2.05) is 0 Å². The quantitative estimate of drug-likeness (QED) is 0.780. The molecule has 0 aliphatic carbocycles. The molecule has 0 spiro atoms. The number of piperazine rings is 1. The van der Waals surface area contributed by atoms with Crippen LogP contribution in [0.2, 0.25) is 0 Å². The Kier molecular flexibility index (Phi) is 5.11. The van der Waals surface area contributed by atoms with Crippen LogP contribution in [-0.4, -0.2) is 51.6 Å². The first kappa shape index (κ1) is 18.9. The van der Waals surface area contributed by atoms with Gasteiger partial charge in [-0.1, -0.05) is 12.1 Å². The smallest absolute Gasteiger partial charge is 0.207 e. The predicted molar refractivity (Wildman–Crippen MR) is 90.3 cm³/mol. The van der Waals surface area contributed by atoms with Gasteiger partial charge in [0.25, 0.3) is 0 Å². The number of rotatable bonds is 4. The Labute approximate surface area is 150 Å². The van der Waals surface area contributed by atoms with Gasteiger partial charge in [-0.2, -0.15) is 8.61 Å². The van der Waals surface area contributed by atoms with Crippen molar-refractivity contribution < 1.29 is 25.6 Å². The molecule has 0 bridgehead atoms. The standard InChI is InChI=1S/C16H16F2N2O4S2/c17-13-5-7-14(8-6-13)25(21,22)19-9-11-20(12-10-19)26(23,24)16-4-2-1-3-15(16)18/h1-8H,9-12H2. The van der Waals surface area contributed by atoms with E-state index in [0.29, 0.717) is 0 Å². The molecule has 1 fully saturated rings. The van der Waals surface area contributed by atoms with Crippen LogP contribution in [0.1, 0.15) is 0 Å². The number of hydrogen-bond acceptors (Lipinski definition) is 4. The maximum absolute atomic E-state index is 13.8. The molecule has 26 heavy (non-hydrogen) atoms. The zero-order valence-electron chi connectivity index (χ0n) is 13.5. The Hall–Kier alpha value is -1.88. The van der Waals surface area contributed by atoms with Gasteiger partial charge in [0.05, 0.1) is 4.90 Å². The first-order chi connectivity index (χ1) is 12.2. The van der Waals surface area contributed by atoms with E-state index in [1.54, 1.807) is 0 Å². The van der Waals surface area contributed by atoms with Gasteiger partial charge in [0.2, 0.25) is 20.0 Å². The van der Waals surface area contributed by atoms with E-state index >= 15 is 0 Å². The highest BCUT2D eigenvalue weighted by Gasteiger charge is 2.34. The predicted octanol–water partition coefficient (Wildman–Crippen LogP) is 1.66. The summed E-state index contributed by atoms with van der Waals surface area (Å²) in [4.78, 5) is -0.501. The second-order valence-electron chi connectivity index (χ2n) is 5.69. The van der Waals surface area contributed by atoms with Crippen molar-refractivity contribution in [3.63, 3.8) is 0 Å². The molecule has 0 aromatic heterocycles. The molecule has 0 atom stereocenters. The van der Waals surface area contributed by atoms with E-state index in [1.165, 1.54) is 18.2 Å². The van der Waals surface area contributed by atoms with Crippen molar-refractivity contribution in [3.05, 3.63) is 60.2 Å². The average molecular weight is 402 g/mol. The molecule has 6 nitrogen and oxygen atoms in total. The van der Waals surface area contributed by atoms with Crippen LogP contribution in [-0.2, 0) is 20.0 Å². The largest absolute Gasteiger partial charge is 0.246 e. The molecular formula is C16H16F2N2O4S2. The van der Waals surface area contributed by atoms with E-state index in [4.69, 9.17) is 0 Å². The van der Waals surface area contributed by atoms with Gasteiger partial charge in [-0.15, -0.1) is 0 Å². The van der Waals surface area contributed by atoms with E-state index in [0.717, 1.165) is 38.9 Å². The van der Waals surface area contributed by atoms with Crippen LogP contribution in [0.3, 0.4) is 0 Å². The summed E-state index contributed by atoms with van der Waals surface area (Å²) in [7, 11) is -7.89. The minimum absolute atomic E-state index is 0.0655. The molecule has 0 unspecified atom stereocenters. The summed E-state index contributed by atoms with van der Waals surface area (Å²) in [5.74, 6) is -1.40. The highest BCUT2D eigenvalue weighted by atomic mass is 32.2. The lowest BCUT2D eigenvalue weighted by Crippen LogP contribution is -2.50. The number of hydrogen-bond donors (Lipinski definition) is 0. The second kappa shape index (κ2) is 7.03. The molecule has 1 aliphatic rings. The Morgan fingerprint density at radius 3 is 1.73 bits per heavy atom. The fraction of sp³-hybridized carbons (Fsp3) is 0.250. The van der Waals surface area contributed by atoms with Gasteiger partial charge in [-0.25, -0.2) is 25.6 Å². The van der Waals surface area contributed by atoms with Crippen molar-refractivity contribution in [2.75, 3.05) is 26.2 Å². The first-order valence-corrected chi connectivity index (χ1v) is 10.6. The number of benzene rings is 2. The monoisotopic (exact) mass is 402 g/mol. The molecule has 0 amide bonds. The van der Waals surface area contributed by atoms with Gasteiger partial charge >= 0.3 is 0 Å². The van der Waals surface area contributed by atoms with Gasteiger partial charge in [-0.3, -0.25) is 0 Å². The SMILES string of the molecule is O=S(=O)(c1ccc(F)cc1)N1CCN(S(=O)(=O)c2ccccc2F)CC1. The highest BCUT2D eigenvalue weighted by Crippen LogP contribution is 2.23. The van der Waals surface area contributed by atoms with Crippen LogP contribution in [0.25, 0.3) is 0 Å². The molecule has 140 valence electrons. The van der Waals surface area contributed by atoms with Crippen molar-refractivity contribution in [3.8, 4) is 0 Å². The van der Waals surface area contributed by atoms with Gasteiger partial charge in [-0.05, 0) is 36.4 Å². The third-order valence-corrected chi connectivity index (χ3v) is 7.95. The molecule has 1 heterocycles. The van der Waals surface area contributed by atoms with E-state index in [-0.39, 0.29) is 31.1 Å². The summed E-state index contributed by atoms with van der Waals surface area (Å²) >= 11 is 0. The zero-order chi connectivity index (χ0) is 18.9. The number of halogens is 2. The molecule has 0 saturated carbocycles. The summed E-state index contributed by atoms with van der Waals surface area (Å²) in [5, 5.41) is 0. The molecule has 2 aromatic carbocycles. The summed E-state index contributed by atoms with van der Waals surface area (Å²) < 4.78 is 79.2. The summed E-state index contributed by atoms with van der Waals surface area (Å²) in [5.41, 5.74) is 0. The Morgan fingerprint density at radius 2 is 1.19 bits per heavy atom. The fourth-order valence-corrected chi connectivity index (χ4v) is 5.61. The third kappa shape index (κ3) is 3.50. The second-order valence-corrected chi connectivity index (χ2v) is 9.54. The lowest BCUT2D eigenvalue weighted by Gasteiger charge is -2.33. The topological polar surface area (TPSA) is 74.8 Å². The Morgan fingerprint density at radius 1 is 0.692 bits per heavy atom. The fourth-order valence-electron chi connectivity index (χ4n) is 2.70. The third-order valence-electron chi connectivity index (χ3n) is 4.10. The lowest BCUT2D eigenvalue weighted by atomic mass is 10.3. The zero-order valence-corrected chi connectivity index (χ0v) is 15.2. The van der Waals surface area contributed by atoms with Gasteiger partial charge in [0.15, 0.2) is 0 Å².